The van der Waals surface area contributed by atoms with Gasteiger partial charge < -0.3 is 10.0 Å². The fraction of sp³-hybridized carbons (Fsp3) is 0.412. The zero-order valence-corrected chi connectivity index (χ0v) is 14.2. The fourth-order valence-corrected chi connectivity index (χ4v) is 3.73. The van der Waals surface area contributed by atoms with Gasteiger partial charge in [-0.15, -0.1) is 11.8 Å². The molecule has 1 N–H and O–H groups in total. The van der Waals surface area contributed by atoms with E-state index in [1.165, 1.54) is 5.56 Å². The first-order chi connectivity index (χ1) is 11.1. The molecule has 0 saturated carbocycles. The van der Waals surface area contributed by atoms with Crippen molar-refractivity contribution in [3.63, 3.8) is 0 Å². The Hall–Kier alpha value is -1.79. The van der Waals surface area contributed by atoms with Crippen molar-refractivity contribution in [1.82, 2.24) is 14.7 Å². The number of hydrogen-bond donors (Lipinski definition) is 1. The minimum atomic E-state index is -0.124. The lowest BCUT2D eigenvalue weighted by molar-refractivity contribution is -0.130. The first kappa shape index (κ1) is 16.1. The molecule has 1 atom stereocenters. The molecule has 5 nitrogen and oxygen atoms in total. The second-order valence-corrected chi connectivity index (χ2v) is 7.24. The fourth-order valence-electron chi connectivity index (χ4n) is 2.78. The summed E-state index contributed by atoms with van der Waals surface area (Å²) in [6.45, 7) is 5.73. The minimum absolute atomic E-state index is 0.0573. The van der Waals surface area contributed by atoms with Crippen LogP contribution in [0.3, 0.4) is 0 Å². The highest BCUT2D eigenvalue weighted by Crippen LogP contribution is 2.28. The standard InChI is InChI=1S/C17H21N3O2S/c1-12-3-5-15(6-4-12)23-13(2)17(22)19-10-14-9-18-20(7-8-21)16(14)11-19/h3-6,9,13,21H,7-8,10-11H2,1-2H3/t13-/m0/s1. The van der Waals surface area contributed by atoms with Crippen molar-refractivity contribution in [2.75, 3.05) is 6.61 Å². The van der Waals surface area contributed by atoms with Crippen LogP contribution in [-0.4, -0.2) is 37.6 Å². The van der Waals surface area contributed by atoms with Crippen molar-refractivity contribution in [2.24, 2.45) is 0 Å². The number of aryl methyl sites for hydroxylation is 1. The molecule has 0 spiro atoms. The molecule has 0 fully saturated rings. The molecule has 6 heteroatoms. The molecule has 1 aromatic carbocycles. The first-order valence-corrected chi connectivity index (χ1v) is 8.63. The van der Waals surface area contributed by atoms with Crippen LogP contribution in [0.5, 0.6) is 0 Å². The molecule has 0 bridgehead atoms. The molecule has 0 saturated heterocycles. The SMILES string of the molecule is Cc1ccc(S[C@@H](C)C(=O)N2Cc3cnn(CCO)c3C2)cc1. The van der Waals surface area contributed by atoms with Crippen LogP contribution in [0.1, 0.15) is 23.7 Å². The minimum Gasteiger partial charge on any atom is -0.394 e. The van der Waals surface area contributed by atoms with Crippen molar-refractivity contribution in [2.45, 2.75) is 43.6 Å². The highest BCUT2D eigenvalue weighted by molar-refractivity contribution is 8.00. The number of nitrogens with zero attached hydrogens (tertiary/aromatic N) is 3. The average molecular weight is 331 g/mol. The predicted molar refractivity (Wildman–Crippen MR) is 90.1 cm³/mol. The number of hydrogen-bond acceptors (Lipinski definition) is 4. The van der Waals surface area contributed by atoms with Crippen LogP contribution >= 0.6 is 11.8 Å². The van der Waals surface area contributed by atoms with E-state index in [4.69, 9.17) is 5.11 Å². The zero-order valence-electron chi connectivity index (χ0n) is 13.4. The third-order valence-electron chi connectivity index (χ3n) is 4.04. The number of fused-ring (bicyclic) bond motifs is 1. The number of rotatable bonds is 5. The van der Waals surface area contributed by atoms with Crippen molar-refractivity contribution >= 4 is 17.7 Å². The Morgan fingerprint density at radius 1 is 1.35 bits per heavy atom. The Morgan fingerprint density at radius 3 is 2.78 bits per heavy atom. The van der Waals surface area contributed by atoms with Crippen LogP contribution in [0.25, 0.3) is 0 Å². The largest absolute Gasteiger partial charge is 0.394 e. The number of aromatic nitrogens is 2. The van der Waals surface area contributed by atoms with Gasteiger partial charge in [0.1, 0.15) is 0 Å². The number of aliphatic hydroxyl groups is 1. The summed E-state index contributed by atoms with van der Waals surface area (Å²) in [4.78, 5) is 15.7. The summed E-state index contributed by atoms with van der Waals surface area (Å²) >= 11 is 1.59. The van der Waals surface area contributed by atoms with E-state index in [0.717, 1.165) is 16.2 Å². The van der Waals surface area contributed by atoms with E-state index >= 15 is 0 Å². The maximum Gasteiger partial charge on any atom is 0.236 e. The van der Waals surface area contributed by atoms with E-state index in [9.17, 15) is 4.79 Å². The molecular weight excluding hydrogens is 310 g/mol. The Bertz CT molecular complexity index is 696. The highest BCUT2D eigenvalue weighted by atomic mass is 32.2. The smallest absolute Gasteiger partial charge is 0.236 e. The van der Waals surface area contributed by atoms with Crippen LogP contribution < -0.4 is 0 Å². The second kappa shape index (κ2) is 6.76. The summed E-state index contributed by atoms with van der Waals surface area (Å²) in [5.41, 5.74) is 3.34. The Kier molecular flexibility index (Phi) is 4.73. The lowest BCUT2D eigenvalue weighted by Crippen LogP contribution is -2.32. The van der Waals surface area contributed by atoms with Gasteiger partial charge in [0.15, 0.2) is 0 Å². The lowest BCUT2D eigenvalue weighted by Gasteiger charge is -2.20. The van der Waals surface area contributed by atoms with Gasteiger partial charge >= 0.3 is 0 Å². The molecule has 0 unspecified atom stereocenters. The maximum absolute atomic E-state index is 12.7. The highest BCUT2D eigenvalue weighted by Gasteiger charge is 2.30. The normalized spacial score (nSPS) is 14.8. The molecule has 23 heavy (non-hydrogen) atoms. The van der Waals surface area contributed by atoms with E-state index in [0.29, 0.717) is 19.6 Å². The third-order valence-corrected chi connectivity index (χ3v) is 5.14. The predicted octanol–water partition coefficient (Wildman–Crippen LogP) is 2.21. The summed E-state index contributed by atoms with van der Waals surface area (Å²) < 4.78 is 1.79. The maximum atomic E-state index is 12.7. The molecule has 1 aromatic heterocycles. The monoisotopic (exact) mass is 331 g/mol. The number of aliphatic hydroxyl groups excluding tert-OH is 1. The third kappa shape index (κ3) is 3.43. The van der Waals surface area contributed by atoms with Crippen molar-refractivity contribution < 1.29 is 9.90 Å². The van der Waals surface area contributed by atoms with E-state index in [2.05, 4.69) is 36.3 Å². The molecule has 2 aromatic rings. The summed E-state index contributed by atoms with van der Waals surface area (Å²) in [5, 5.41) is 13.2. The number of carbonyl (C=O) groups excluding carboxylic acids is 1. The van der Waals surface area contributed by atoms with Gasteiger partial charge in [0.05, 0.1) is 36.8 Å². The molecule has 0 aliphatic carbocycles. The number of amides is 1. The van der Waals surface area contributed by atoms with Gasteiger partial charge in [-0.2, -0.15) is 5.10 Å². The van der Waals surface area contributed by atoms with E-state index < -0.39 is 0 Å². The summed E-state index contributed by atoms with van der Waals surface area (Å²) in [6.07, 6.45) is 1.80. The van der Waals surface area contributed by atoms with Crippen molar-refractivity contribution in [1.29, 1.82) is 0 Å². The molecule has 1 aliphatic heterocycles. The average Bonchev–Trinajstić information content (AvgIpc) is 3.11. The number of benzene rings is 1. The number of carbonyl (C=O) groups is 1. The van der Waals surface area contributed by atoms with Crippen LogP contribution in [0.4, 0.5) is 0 Å². The van der Waals surface area contributed by atoms with Crippen molar-refractivity contribution in [3.8, 4) is 0 Å². The Morgan fingerprint density at radius 2 is 2.09 bits per heavy atom. The summed E-state index contributed by atoms with van der Waals surface area (Å²) in [6, 6.07) is 8.24. The van der Waals surface area contributed by atoms with Gasteiger partial charge in [-0.3, -0.25) is 9.48 Å². The molecule has 122 valence electrons. The van der Waals surface area contributed by atoms with Crippen molar-refractivity contribution in [3.05, 3.63) is 47.3 Å². The first-order valence-electron chi connectivity index (χ1n) is 7.75. The topological polar surface area (TPSA) is 58.4 Å². The molecule has 1 aliphatic rings. The van der Waals surface area contributed by atoms with Gasteiger partial charge in [0, 0.05) is 17.0 Å². The van der Waals surface area contributed by atoms with E-state index in [1.54, 1.807) is 22.6 Å². The molecule has 1 amide bonds. The molecular formula is C17H21N3O2S. The van der Waals surface area contributed by atoms with Gasteiger partial charge in [-0.1, -0.05) is 17.7 Å². The van der Waals surface area contributed by atoms with E-state index in [-0.39, 0.29) is 17.8 Å². The summed E-state index contributed by atoms with van der Waals surface area (Å²) in [5.74, 6) is 0.141. The number of thioether (sulfide) groups is 1. The molecule has 2 heterocycles. The molecule has 0 radical (unpaired) electrons. The quantitative estimate of drug-likeness (QED) is 0.854. The Labute approximate surface area is 140 Å². The zero-order chi connectivity index (χ0) is 16.4. The van der Waals surface area contributed by atoms with Crippen LogP contribution in [-0.2, 0) is 24.4 Å². The summed E-state index contributed by atoms with van der Waals surface area (Å²) in [7, 11) is 0. The van der Waals surface area contributed by atoms with Crippen LogP contribution in [0.15, 0.2) is 35.4 Å². The van der Waals surface area contributed by atoms with Crippen LogP contribution in [0, 0.1) is 6.92 Å². The molecule has 3 rings (SSSR count). The van der Waals surface area contributed by atoms with Gasteiger partial charge in [0.2, 0.25) is 5.91 Å². The lowest BCUT2D eigenvalue weighted by atomic mass is 10.2. The van der Waals surface area contributed by atoms with Gasteiger partial charge in [-0.25, -0.2) is 0 Å². The van der Waals surface area contributed by atoms with Crippen LogP contribution in [0.2, 0.25) is 0 Å². The Balaban J connectivity index is 1.63. The van der Waals surface area contributed by atoms with E-state index in [1.807, 2.05) is 11.8 Å². The van der Waals surface area contributed by atoms with Gasteiger partial charge in [0.25, 0.3) is 0 Å². The van der Waals surface area contributed by atoms with Gasteiger partial charge in [-0.05, 0) is 26.0 Å². The second-order valence-electron chi connectivity index (χ2n) is 5.83.